The quantitative estimate of drug-likeness (QED) is 0.144. The average Bonchev–Trinajstić information content (AvgIpc) is 2.64. The molecule has 26 heavy (non-hydrogen) atoms. The SMILES string of the molecule is C=CC(=O)O.C=COCCCCCCCCCCCCCCCCCC. The molecule has 0 spiro atoms. The lowest BCUT2D eigenvalue weighted by Gasteiger charge is -2.03. The molecule has 0 radical (unpaired) electrons. The first-order valence-electron chi connectivity index (χ1n) is 10.8. The minimum Gasteiger partial charge on any atom is -0.502 e. The highest BCUT2D eigenvalue weighted by Gasteiger charge is 1.94. The summed E-state index contributed by atoms with van der Waals surface area (Å²) in [6.07, 6.45) is 25.0. The normalized spacial score (nSPS) is 9.88. The number of carboxylic acid groups (broad SMARTS) is 1. The molecule has 3 nitrogen and oxygen atoms in total. The molecule has 0 atom stereocenters. The standard InChI is InChI=1S/C20H40O.C3H4O2/c1-3-5-6-7-8-9-10-11-12-13-14-15-16-17-18-19-20-21-4-2;1-2-3(4)5/h4H,2-3,5-20H2,1H3;2H,1H2,(H,4,5). The van der Waals surface area contributed by atoms with Crippen LogP contribution in [0.1, 0.15) is 110 Å². The third kappa shape index (κ3) is 30.6. The molecule has 0 heterocycles. The van der Waals surface area contributed by atoms with E-state index in [9.17, 15) is 4.79 Å². The fourth-order valence-electron chi connectivity index (χ4n) is 2.82. The molecule has 1 N–H and O–H groups in total. The fourth-order valence-corrected chi connectivity index (χ4v) is 2.82. The lowest BCUT2D eigenvalue weighted by Crippen LogP contribution is -1.87. The van der Waals surface area contributed by atoms with Gasteiger partial charge >= 0.3 is 5.97 Å². The summed E-state index contributed by atoms with van der Waals surface area (Å²) in [4.78, 5) is 9.25. The van der Waals surface area contributed by atoms with Gasteiger partial charge in [-0.2, -0.15) is 0 Å². The predicted molar refractivity (Wildman–Crippen MR) is 114 cm³/mol. The third-order valence-corrected chi connectivity index (χ3v) is 4.41. The minimum absolute atomic E-state index is 0.833. The van der Waals surface area contributed by atoms with Crippen molar-refractivity contribution in [1.82, 2.24) is 0 Å². The molecule has 0 saturated carbocycles. The summed E-state index contributed by atoms with van der Waals surface area (Å²) >= 11 is 0. The third-order valence-electron chi connectivity index (χ3n) is 4.41. The van der Waals surface area contributed by atoms with Crippen molar-refractivity contribution in [2.45, 2.75) is 110 Å². The molecule has 0 aromatic rings. The zero-order valence-electron chi connectivity index (χ0n) is 17.4. The van der Waals surface area contributed by atoms with Crippen LogP contribution in [0.25, 0.3) is 0 Å². The summed E-state index contributed by atoms with van der Waals surface area (Å²) in [5, 5.41) is 7.60. The lowest BCUT2D eigenvalue weighted by atomic mass is 10.0. The van der Waals surface area contributed by atoms with E-state index in [2.05, 4.69) is 20.1 Å². The van der Waals surface area contributed by atoms with Gasteiger partial charge in [-0.3, -0.25) is 0 Å². The molecule has 0 unspecified atom stereocenters. The molecule has 0 aromatic carbocycles. The van der Waals surface area contributed by atoms with E-state index in [0.29, 0.717) is 0 Å². The highest BCUT2D eigenvalue weighted by atomic mass is 16.5. The van der Waals surface area contributed by atoms with Crippen LogP contribution in [-0.4, -0.2) is 17.7 Å². The summed E-state index contributed by atoms with van der Waals surface area (Å²) < 4.78 is 5.12. The van der Waals surface area contributed by atoms with E-state index in [4.69, 9.17) is 9.84 Å². The van der Waals surface area contributed by atoms with Crippen molar-refractivity contribution < 1.29 is 14.6 Å². The Bertz CT molecular complexity index is 300. The van der Waals surface area contributed by atoms with Crippen LogP contribution in [0.5, 0.6) is 0 Å². The molecule has 0 fully saturated rings. The first kappa shape index (κ1) is 27.0. The zero-order chi connectivity index (χ0) is 19.7. The van der Waals surface area contributed by atoms with Gasteiger partial charge in [-0.05, 0) is 6.42 Å². The van der Waals surface area contributed by atoms with Crippen LogP contribution in [0.2, 0.25) is 0 Å². The molecule has 154 valence electrons. The molecular formula is C23H44O3. The Kier molecular flexibility index (Phi) is 27.0. The Hall–Kier alpha value is -1.25. The highest BCUT2D eigenvalue weighted by Crippen LogP contribution is 2.13. The van der Waals surface area contributed by atoms with E-state index in [1.165, 1.54) is 103 Å². The van der Waals surface area contributed by atoms with Crippen LogP contribution in [0.15, 0.2) is 25.5 Å². The van der Waals surface area contributed by atoms with Gasteiger partial charge in [-0.25, -0.2) is 4.79 Å². The summed E-state index contributed by atoms with van der Waals surface area (Å²) in [6.45, 7) is 9.65. The molecule has 0 amide bonds. The van der Waals surface area contributed by atoms with Crippen LogP contribution in [0, 0.1) is 0 Å². The van der Waals surface area contributed by atoms with Gasteiger partial charge in [-0.1, -0.05) is 116 Å². The number of carboxylic acids is 1. The fraction of sp³-hybridized carbons (Fsp3) is 0.783. The Balaban J connectivity index is 0. The number of hydrogen-bond acceptors (Lipinski definition) is 2. The smallest absolute Gasteiger partial charge is 0.327 e. The van der Waals surface area contributed by atoms with Crippen molar-refractivity contribution in [2.75, 3.05) is 6.61 Å². The van der Waals surface area contributed by atoms with E-state index in [1.807, 2.05) is 0 Å². The van der Waals surface area contributed by atoms with Gasteiger partial charge in [0, 0.05) is 6.08 Å². The van der Waals surface area contributed by atoms with Crippen LogP contribution < -0.4 is 0 Å². The van der Waals surface area contributed by atoms with Gasteiger partial charge in [0.1, 0.15) is 0 Å². The maximum atomic E-state index is 9.25. The molecule has 0 rings (SSSR count). The van der Waals surface area contributed by atoms with Gasteiger partial charge in [0.05, 0.1) is 12.9 Å². The minimum atomic E-state index is -0.981. The summed E-state index contributed by atoms with van der Waals surface area (Å²) in [5.41, 5.74) is 0. The average molecular weight is 369 g/mol. The molecule has 0 aliphatic rings. The number of unbranched alkanes of at least 4 members (excludes halogenated alkanes) is 15. The second-order valence-electron chi connectivity index (χ2n) is 6.88. The Morgan fingerprint density at radius 3 is 1.31 bits per heavy atom. The molecule has 0 bridgehead atoms. The van der Waals surface area contributed by atoms with Gasteiger partial charge in [-0.15, -0.1) is 0 Å². The molecule has 3 heteroatoms. The number of carbonyl (C=O) groups is 1. The lowest BCUT2D eigenvalue weighted by molar-refractivity contribution is -0.131. The maximum absolute atomic E-state index is 9.25. The summed E-state index contributed by atoms with van der Waals surface area (Å²) in [6, 6.07) is 0. The van der Waals surface area contributed by atoms with Crippen LogP contribution in [-0.2, 0) is 9.53 Å². The maximum Gasteiger partial charge on any atom is 0.327 e. The van der Waals surface area contributed by atoms with Gasteiger partial charge in [0.2, 0.25) is 0 Å². The zero-order valence-corrected chi connectivity index (χ0v) is 17.4. The van der Waals surface area contributed by atoms with Crippen molar-refractivity contribution in [1.29, 1.82) is 0 Å². The molecule has 0 aromatic heterocycles. The number of hydrogen-bond donors (Lipinski definition) is 1. The van der Waals surface area contributed by atoms with E-state index in [0.717, 1.165) is 12.7 Å². The number of rotatable bonds is 19. The van der Waals surface area contributed by atoms with Crippen molar-refractivity contribution >= 4 is 5.97 Å². The Morgan fingerprint density at radius 2 is 1.04 bits per heavy atom. The monoisotopic (exact) mass is 368 g/mol. The van der Waals surface area contributed by atoms with Gasteiger partial charge in [0.25, 0.3) is 0 Å². The molecule has 0 aliphatic heterocycles. The largest absolute Gasteiger partial charge is 0.502 e. The molecule has 0 saturated heterocycles. The van der Waals surface area contributed by atoms with E-state index in [-0.39, 0.29) is 0 Å². The van der Waals surface area contributed by atoms with E-state index >= 15 is 0 Å². The van der Waals surface area contributed by atoms with E-state index < -0.39 is 5.97 Å². The van der Waals surface area contributed by atoms with E-state index in [1.54, 1.807) is 6.26 Å². The Labute approximate surface area is 162 Å². The molecule has 0 aliphatic carbocycles. The van der Waals surface area contributed by atoms with Crippen LogP contribution >= 0.6 is 0 Å². The second-order valence-corrected chi connectivity index (χ2v) is 6.88. The van der Waals surface area contributed by atoms with Gasteiger partial charge in [0.15, 0.2) is 0 Å². The van der Waals surface area contributed by atoms with Gasteiger partial charge < -0.3 is 9.84 Å². The van der Waals surface area contributed by atoms with Crippen molar-refractivity contribution in [2.24, 2.45) is 0 Å². The highest BCUT2D eigenvalue weighted by molar-refractivity contribution is 5.78. The van der Waals surface area contributed by atoms with Crippen molar-refractivity contribution in [3.8, 4) is 0 Å². The first-order valence-corrected chi connectivity index (χ1v) is 10.8. The first-order chi connectivity index (χ1) is 12.7. The second kappa shape index (κ2) is 26.0. The van der Waals surface area contributed by atoms with Crippen LogP contribution in [0.4, 0.5) is 0 Å². The predicted octanol–water partition coefficient (Wildman–Crippen LogP) is 7.67. The molecular weight excluding hydrogens is 324 g/mol. The van der Waals surface area contributed by atoms with Crippen molar-refractivity contribution in [3.05, 3.63) is 25.5 Å². The number of ether oxygens (including phenoxy) is 1. The van der Waals surface area contributed by atoms with Crippen LogP contribution in [0.3, 0.4) is 0 Å². The topological polar surface area (TPSA) is 46.5 Å². The summed E-state index contributed by atoms with van der Waals surface area (Å²) in [7, 11) is 0. The number of aliphatic carboxylic acids is 1. The van der Waals surface area contributed by atoms with Crippen molar-refractivity contribution in [3.63, 3.8) is 0 Å². The summed E-state index contributed by atoms with van der Waals surface area (Å²) in [5.74, 6) is -0.981. The Morgan fingerprint density at radius 1 is 0.731 bits per heavy atom.